The van der Waals surface area contributed by atoms with Gasteiger partial charge in [-0.05, 0) is 80.2 Å². The number of nitrogens with zero attached hydrogens (tertiary/aromatic N) is 2. The number of benzene rings is 8. The van der Waals surface area contributed by atoms with Gasteiger partial charge in [0.2, 0.25) is 0 Å². The fourth-order valence-corrected chi connectivity index (χ4v) is 8.10. The lowest BCUT2D eigenvalue weighted by Crippen LogP contribution is -1.92. The molecule has 0 spiro atoms. The monoisotopic (exact) mass is 700 g/mol. The Bertz CT molecular complexity index is 3250. The molecule has 0 atom stereocenters. The van der Waals surface area contributed by atoms with E-state index >= 15 is 0 Å². The van der Waals surface area contributed by atoms with E-state index in [0.717, 1.165) is 77.7 Å². The van der Waals surface area contributed by atoms with Crippen LogP contribution >= 0.6 is 0 Å². The molecule has 0 aliphatic heterocycles. The highest BCUT2D eigenvalue weighted by atomic mass is 16.3. The second kappa shape index (κ2) is 12.6. The van der Waals surface area contributed by atoms with Crippen LogP contribution in [-0.2, 0) is 0 Å². The van der Waals surface area contributed by atoms with Crippen molar-refractivity contribution >= 4 is 54.4 Å². The van der Waals surface area contributed by atoms with Crippen molar-refractivity contribution in [2.75, 3.05) is 0 Å². The number of hydrogen-bond donors (Lipinski definition) is 0. The van der Waals surface area contributed by atoms with E-state index in [1.54, 1.807) is 0 Å². The quantitative estimate of drug-likeness (QED) is 0.168. The normalized spacial score (nSPS) is 11.6. The van der Waals surface area contributed by atoms with Crippen molar-refractivity contribution in [3.63, 3.8) is 0 Å². The molecule has 11 aromatic rings. The van der Waals surface area contributed by atoms with E-state index < -0.39 is 0 Å². The summed E-state index contributed by atoms with van der Waals surface area (Å²) in [4.78, 5) is 10.4. The van der Waals surface area contributed by atoms with Crippen LogP contribution in [0.5, 0.6) is 0 Å². The number of rotatable bonds is 5. The Labute approximate surface area is 317 Å². The summed E-state index contributed by atoms with van der Waals surface area (Å²) in [7, 11) is 0. The SMILES string of the molecule is c1ccc(-c2cc(-c3cccc(-c4ccc5c(ccc6ccccc65)c4)c3)cc(-c3ccc(-c4nc5ccccc5c5c4oc4ccccc45)cc3)n2)cc1. The number of pyridine rings is 2. The van der Waals surface area contributed by atoms with E-state index in [9.17, 15) is 0 Å². The van der Waals surface area contributed by atoms with Crippen LogP contribution in [0.3, 0.4) is 0 Å². The molecule has 0 aliphatic rings. The van der Waals surface area contributed by atoms with Gasteiger partial charge in [0.05, 0.1) is 16.9 Å². The van der Waals surface area contributed by atoms with Gasteiger partial charge in [-0.15, -0.1) is 0 Å². The second-order valence-corrected chi connectivity index (χ2v) is 14.2. The number of aromatic nitrogens is 2. The number of fused-ring (bicyclic) bond motifs is 8. The van der Waals surface area contributed by atoms with Gasteiger partial charge in [0, 0.05) is 32.8 Å². The molecule has 0 saturated heterocycles. The maximum Gasteiger partial charge on any atom is 0.162 e. The van der Waals surface area contributed by atoms with E-state index in [2.05, 4.69) is 170 Å². The van der Waals surface area contributed by atoms with E-state index in [-0.39, 0.29) is 0 Å². The highest BCUT2D eigenvalue weighted by Gasteiger charge is 2.18. The van der Waals surface area contributed by atoms with E-state index in [1.807, 2.05) is 24.3 Å². The van der Waals surface area contributed by atoms with Crippen LogP contribution in [0.1, 0.15) is 0 Å². The fraction of sp³-hybridized carbons (Fsp3) is 0. The Hall–Kier alpha value is -7.36. The standard InChI is InChI=1S/C52H32N2O/c1-2-12-34(13-3-1)47-31-41(38-15-10-14-37(29-38)39-27-28-43-40(30-39)26-21-33-11-4-5-16-42(33)43)32-48(53-47)35-22-24-36(25-23-35)51-52-50(44-17-6-8-19-46(44)54-51)45-18-7-9-20-49(45)55-52/h1-32H. The van der Waals surface area contributed by atoms with Crippen LogP contribution in [0.4, 0.5) is 0 Å². The van der Waals surface area contributed by atoms with E-state index in [4.69, 9.17) is 14.4 Å². The first kappa shape index (κ1) is 31.2. The highest BCUT2D eigenvalue weighted by molar-refractivity contribution is 6.20. The highest BCUT2D eigenvalue weighted by Crippen LogP contribution is 2.40. The summed E-state index contributed by atoms with van der Waals surface area (Å²) in [5.74, 6) is 0. The van der Waals surface area contributed by atoms with Crippen LogP contribution in [0.25, 0.3) is 110 Å². The van der Waals surface area contributed by atoms with Crippen molar-refractivity contribution in [2.24, 2.45) is 0 Å². The smallest absolute Gasteiger partial charge is 0.162 e. The molecule has 0 fully saturated rings. The predicted molar refractivity (Wildman–Crippen MR) is 229 cm³/mol. The zero-order chi connectivity index (χ0) is 36.3. The second-order valence-electron chi connectivity index (χ2n) is 14.2. The number of para-hydroxylation sites is 2. The van der Waals surface area contributed by atoms with Crippen molar-refractivity contribution in [1.82, 2.24) is 9.97 Å². The lowest BCUT2D eigenvalue weighted by molar-refractivity contribution is 0.669. The van der Waals surface area contributed by atoms with E-state index in [0.29, 0.717) is 0 Å². The average molecular weight is 701 g/mol. The minimum Gasteiger partial charge on any atom is -0.454 e. The van der Waals surface area contributed by atoms with Crippen LogP contribution in [0.15, 0.2) is 199 Å². The largest absolute Gasteiger partial charge is 0.454 e. The molecule has 3 heterocycles. The molecular weight excluding hydrogens is 669 g/mol. The first-order valence-corrected chi connectivity index (χ1v) is 18.6. The summed E-state index contributed by atoms with van der Waals surface area (Å²) >= 11 is 0. The van der Waals surface area contributed by atoms with Gasteiger partial charge in [0.1, 0.15) is 11.3 Å². The Kier molecular flexibility index (Phi) is 7.17. The Balaban J connectivity index is 1.01. The van der Waals surface area contributed by atoms with Crippen molar-refractivity contribution in [1.29, 1.82) is 0 Å². The third kappa shape index (κ3) is 5.36. The third-order valence-electron chi connectivity index (χ3n) is 10.8. The molecule has 8 aromatic carbocycles. The molecule has 0 radical (unpaired) electrons. The Morgan fingerprint density at radius 3 is 1.75 bits per heavy atom. The van der Waals surface area contributed by atoms with Gasteiger partial charge in [-0.3, -0.25) is 0 Å². The van der Waals surface area contributed by atoms with Crippen LogP contribution < -0.4 is 0 Å². The summed E-state index contributed by atoms with van der Waals surface area (Å²) in [6.45, 7) is 0. The van der Waals surface area contributed by atoms with E-state index in [1.165, 1.54) is 32.7 Å². The first-order valence-electron chi connectivity index (χ1n) is 18.6. The summed E-state index contributed by atoms with van der Waals surface area (Å²) in [5.41, 5.74) is 13.0. The van der Waals surface area contributed by atoms with Gasteiger partial charge in [-0.25, -0.2) is 9.97 Å². The summed E-state index contributed by atoms with van der Waals surface area (Å²) in [6, 6.07) is 68.6. The zero-order valence-electron chi connectivity index (χ0n) is 29.8. The predicted octanol–water partition coefficient (Wildman–Crippen LogP) is 14.2. The van der Waals surface area contributed by atoms with Crippen LogP contribution in [0, 0.1) is 0 Å². The van der Waals surface area contributed by atoms with Crippen molar-refractivity contribution in [3.8, 4) is 56.0 Å². The molecule has 11 rings (SSSR count). The molecule has 256 valence electrons. The minimum absolute atomic E-state index is 0.804. The summed E-state index contributed by atoms with van der Waals surface area (Å²) < 4.78 is 6.50. The van der Waals surface area contributed by atoms with Gasteiger partial charge in [0.15, 0.2) is 5.58 Å². The molecular formula is C52H32N2O. The molecule has 0 saturated carbocycles. The molecule has 3 aromatic heterocycles. The van der Waals surface area contributed by atoms with Gasteiger partial charge < -0.3 is 4.42 Å². The summed E-state index contributed by atoms with van der Waals surface area (Å²) in [6.07, 6.45) is 0. The number of furan rings is 1. The molecule has 0 unspecified atom stereocenters. The maximum absolute atomic E-state index is 6.50. The lowest BCUT2D eigenvalue weighted by atomic mass is 9.94. The average Bonchev–Trinajstić information content (AvgIpc) is 3.66. The molecule has 3 nitrogen and oxygen atoms in total. The lowest BCUT2D eigenvalue weighted by Gasteiger charge is -2.13. The Morgan fingerprint density at radius 1 is 0.327 bits per heavy atom. The first-order chi connectivity index (χ1) is 27.2. The fourth-order valence-electron chi connectivity index (χ4n) is 8.10. The topological polar surface area (TPSA) is 38.9 Å². The zero-order valence-corrected chi connectivity index (χ0v) is 29.8. The van der Waals surface area contributed by atoms with Gasteiger partial charge in [-0.1, -0.05) is 158 Å². The molecule has 0 N–H and O–H groups in total. The van der Waals surface area contributed by atoms with Crippen molar-refractivity contribution in [2.45, 2.75) is 0 Å². The van der Waals surface area contributed by atoms with Crippen molar-refractivity contribution < 1.29 is 4.42 Å². The van der Waals surface area contributed by atoms with Crippen molar-refractivity contribution in [3.05, 3.63) is 194 Å². The molecule has 55 heavy (non-hydrogen) atoms. The van der Waals surface area contributed by atoms with Gasteiger partial charge >= 0.3 is 0 Å². The number of hydrogen-bond acceptors (Lipinski definition) is 3. The minimum atomic E-state index is 0.804. The molecule has 0 aliphatic carbocycles. The third-order valence-corrected chi connectivity index (χ3v) is 10.8. The molecule has 0 bridgehead atoms. The molecule has 0 amide bonds. The Morgan fingerprint density at radius 2 is 0.909 bits per heavy atom. The van der Waals surface area contributed by atoms with Crippen LogP contribution in [0.2, 0.25) is 0 Å². The van der Waals surface area contributed by atoms with Gasteiger partial charge in [-0.2, -0.15) is 0 Å². The van der Waals surface area contributed by atoms with Crippen LogP contribution in [-0.4, -0.2) is 9.97 Å². The summed E-state index contributed by atoms with van der Waals surface area (Å²) in [5, 5.41) is 8.34. The molecule has 3 heteroatoms. The maximum atomic E-state index is 6.50. The van der Waals surface area contributed by atoms with Gasteiger partial charge in [0.25, 0.3) is 0 Å².